The molecule has 10 heteroatoms. The highest BCUT2D eigenvalue weighted by Gasteiger charge is 2.59. The van der Waals surface area contributed by atoms with Crippen molar-refractivity contribution in [1.82, 2.24) is 4.98 Å². The Morgan fingerprint density at radius 2 is 1.78 bits per heavy atom. The van der Waals surface area contributed by atoms with E-state index in [4.69, 9.17) is 0 Å². The van der Waals surface area contributed by atoms with Gasteiger partial charge in [-0.1, -0.05) is 6.07 Å². The van der Waals surface area contributed by atoms with Crippen LogP contribution in [-0.2, 0) is 9.84 Å². The van der Waals surface area contributed by atoms with Crippen LogP contribution in [0.15, 0.2) is 52.4 Å². The number of aliphatic hydroxyl groups is 1. The lowest BCUT2D eigenvalue weighted by Crippen LogP contribution is -2.47. The van der Waals surface area contributed by atoms with E-state index in [1.54, 1.807) is 19.1 Å². The SMILES string of the molecule is Cc1cccc(C2=NC(O)(C(F)(F)F)CN2c2ccc(S(C)(=O)=O)cc2)n1. The molecule has 1 N–H and O–H groups in total. The topological polar surface area (TPSA) is 82.9 Å². The molecule has 1 atom stereocenters. The first-order valence-corrected chi connectivity index (χ1v) is 9.70. The summed E-state index contributed by atoms with van der Waals surface area (Å²) in [6.07, 6.45) is -3.95. The predicted molar refractivity (Wildman–Crippen MR) is 93.4 cm³/mol. The van der Waals surface area contributed by atoms with Gasteiger partial charge in [-0.3, -0.25) is 0 Å². The summed E-state index contributed by atoms with van der Waals surface area (Å²) in [4.78, 5) is 8.91. The minimum atomic E-state index is -4.98. The molecule has 0 amide bonds. The van der Waals surface area contributed by atoms with Gasteiger partial charge in [0.25, 0.3) is 5.72 Å². The van der Waals surface area contributed by atoms with Gasteiger partial charge < -0.3 is 10.0 Å². The number of hydrogen-bond acceptors (Lipinski definition) is 6. The summed E-state index contributed by atoms with van der Waals surface area (Å²) in [5, 5.41) is 10.1. The van der Waals surface area contributed by atoms with Gasteiger partial charge in [0.1, 0.15) is 5.69 Å². The summed E-state index contributed by atoms with van der Waals surface area (Å²) in [6.45, 7) is 0.819. The maximum absolute atomic E-state index is 13.3. The lowest BCUT2D eigenvalue weighted by Gasteiger charge is -2.25. The normalized spacial score (nSPS) is 20.7. The highest BCUT2D eigenvalue weighted by Crippen LogP contribution is 2.38. The molecule has 0 spiro atoms. The van der Waals surface area contributed by atoms with Crippen LogP contribution in [0.2, 0.25) is 0 Å². The third-order valence-electron chi connectivity index (χ3n) is 4.07. The number of sulfone groups is 1. The maximum Gasteiger partial charge on any atom is 0.440 e. The molecule has 1 aromatic heterocycles. The number of β-amino-alcohol motifs (C(OH)–C–C–N with tert-alkyl or cyclic N) is 1. The van der Waals surface area contributed by atoms with Crippen LogP contribution in [0.25, 0.3) is 0 Å². The van der Waals surface area contributed by atoms with E-state index in [0.29, 0.717) is 5.69 Å². The third kappa shape index (κ3) is 3.67. The number of pyridine rings is 1. The highest BCUT2D eigenvalue weighted by molar-refractivity contribution is 7.90. The van der Waals surface area contributed by atoms with Crippen LogP contribution in [0.4, 0.5) is 18.9 Å². The largest absolute Gasteiger partial charge is 0.440 e. The molecule has 3 rings (SSSR count). The van der Waals surface area contributed by atoms with Crippen LogP contribution >= 0.6 is 0 Å². The summed E-state index contributed by atoms with van der Waals surface area (Å²) in [7, 11) is -3.45. The fourth-order valence-corrected chi connectivity index (χ4v) is 3.30. The average molecular weight is 399 g/mol. The number of aryl methyl sites for hydroxylation is 1. The molecule has 144 valence electrons. The fourth-order valence-electron chi connectivity index (χ4n) is 2.67. The maximum atomic E-state index is 13.3. The minimum Gasteiger partial charge on any atom is -0.361 e. The van der Waals surface area contributed by atoms with Gasteiger partial charge in [-0.2, -0.15) is 13.2 Å². The summed E-state index contributed by atoms with van der Waals surface area (Å²) in [6, 6.07) is 10.1. The Morgan fingerprint density at radius 1 is 1.15 bits per heavy atom. The molecule has 0 radical (unpaired) electrons. The predicted octanol–water partition coefficient (Wildman–Crippen LogP) is 2.31. The fraction of sp³-hybridized carbons (Fsp3) is 0.294. The number of benzene rings is 1. The molecule has 1 unspecified atom stereocenters. The Labute approximate surface area is 153 Å². The second-order valence-electron chi connectivity index (χ2n) is 6.27. The Balaban J connectivity index is 2.09. The standard InChI is InChI=1S/C17H16F3N3O3S/c1-11-4-3-5-14(21-11)15-22-16(24,17(18,19)20)10-23(15)12-6-8-13(9-7-12)27(2,25)26/h3-9,24H,10H2,1-2H3. The number of halogens is 3. The highest BCUT2D eigenvalue weighted by atomic mass is 32.2. The van der Waals surface area contributed by atoms with E-state index in [2.05, 4.69) is 9.98 Å². The number of hydrogen-bond donors (Lipinski definition) is 1. The first-order valence-electron chi connectivity index (χ1n) is 7.81. The molecule has 0 fully saturated rings. The van der Waals surface area contributed by atoms with Crippen LogP contribution < -0.4 is 4.90 Å². The van der Waals surface area contributed by atoms with Gasteiger partial charge >= 0.3 is 6.18 Å². The van der Waals surface area contributed by atoms with E-state index in [-0.39, 0.29) is 22.1 Å². The van der Waals surface area contributed by atoms with Gasteiger partial charge in [-0.15, -0.1) is 0 Å². The average Bonchev–Trinajstić information content (AvgIpc) is 2.93. The van der Waals surface area contributed by atoms with Gasteiger partial charge in [0.15, 0.2) is 15.7 Å². The summed E-state index contributed by atoms with van der Waals surface area (Å²) in [5.41, 5.74) is -2.29. The Hall–Kier alpha value is -2.46. The number of nitrogens with zero attached hydrogens (tertiary/aromatic N) is 3. The van der Waals surface area contributed by atoms with Crippen LogP contribution in [-0.4, -0.2) is 49.0 Å². The molecule has 0 bridgehead atoms. The zero-order valence-corrected chi connectivity index (χ0v) is 15.2. The first kappa shape index (κ1) is 19.3. The molecule has 27 heavy (non-hydrogen) atoms. The van der Waals surface area contributed by atoms with Crippen molar-refractivity contribution in [2.24, 2.45) is 4.99 Å². The number of anilines is 1. The molecule has 1 aromatic carbocycles. The molecule has 2 heterocycles. The molecule has 0 aliphatic carbocycles. The van der Waals surface area contributed by atoms with Crippen molar-refractivity contribution in [3.8, 4) is 0 Å². The number of aromatic nitrogens is 1. The van der Waals surface area contributed by atoms with Crippen molar-refractivity contribution in [2.75, 3.05) is 17.7 Å². The zero-order valence-electron chi connectivity index (χ0n) is 14.4. The van der Waals surface area contributed by atoms with Crippen molar-refractivity contribution in [1.29, 1.82) is 0 Å². The molecule has 2 aromatic rings. The van der Waals surface area contributed by atoms with Crippen LogP contribution in [0, 0.1) is 6.92 Å². The van der Waals surface area contributed by atoms with Gasteiger partial charge in [-0.25, -0.2) is 18.4 Å². The summed E-state index contributed by atoms with van der Waals surface area (Å²) < 4.78 is 63.2. The summed E-state index contributed by atoms with van der Waals surface area (Å²) in [5.74, 6) is -0.148. The second-order valence-corrected chi connectivity index (χ2v) is 8.28. The quantitative estimate of drug-likeness (QED) is 0.857. The number of aliphatic imine (C=N–C) groups is 1. The van der Waals surface area contributed by atoms with Crippen molar-refractivity contribution >= 4 is 21.4 Å². The molecule has 0 saturated carbocycles. The Bertz CT molecular complexity index is 1000. The molecule has 1 aliphatic rings. The van der Waals surface area contributed by atoms with E-state index < -0.39 is 28.3 Å². The first-order chi connectivity index (χ1) is 12.4. The molecule has 1 aliphatic heterocycles. The van der Waals surface area contributed by atoms with Crippen LogP contribution in [0.3, 0.4) is 0 Å². The van der Waals surface area contributed by atoms with Crippen LogP contribution in [0.1, 0.15) is 11.4 Å². The monoisotopic (exact) mass is 399 g/mol. The van der Waals surface area contributed by atoms with Gasteiger partial charge in [0.2, 0.25) is 0 Å². The zero-order chi connectivity index (χ0) is 20.0. The minimum absolute atomic E-state index is 0.0312. The van der Waals surface area contributed by atoms with Crippen molar-refractivity contribution in [3.63, 3.8) is 0 Å². The number of amidine groups is 1. The van der Waals surface area contributed by atoms with Gasteiger partial charge in [0, 0.05) is 17.6 Å². The van der Waals surface area contributed by atoms with Crippen molar-refractivity contribution in [2.45, 2.75) is 23.7 Å². The van der Waals surface area contributed by atoms with E-state index in [0.717, 1.165) is 6.26 Å². The Kier molecular flexibility index (Phi) is 4.51. The summed E-state index contributed by atoms with van der Waals surface area (Å²) >= 11 is 0. The lowest BCUT2D eigenvalue weighted by molar-refractivity contribution is -0.249. The lowest BCUT2D eigenvalue weighted by atomic mass is 10.2. The van der Waals surface area contributed by atoms with Crippen molar-refractivity contribution < 1.29 is 26.7 Å². The number of alkyl halides is 3. The number of rotatable bonds is 3. The second kappa shape index (κ2) is 6.31. The smallest absolute Gasteiger partial charge is 0.361 e. The van der Waals surface area contributed by atoms with Gasteiger partial charge in [0.05, 0.1) is 11.4 Å². The molecule has 0 saturated heterocycles. The van der Waals surface area contributed by atoms with E-state index in [9.17, 15) is 26.7 Å². The van der Waals surface area contributed by atoms with Gasteiger partial charge in [-0.05, 0) is 43.3 Å². The van der Waals surface area contributed by atoms with E-state index in [1.807, 2.05) is 0 Å². The molecular weight excluding hydrogens is 383 g/mol. The third-order valence-corrected chi connectivity index (χ3v) is 5.20. The Morgan fingerprint density at radius 3 is 2.30 bits per heavy atom. The molecular formula is C17H16F3N3O3S. The van der Waals surface area contributed by atoms with E-state index in [1.165, 1.54) is 35.2 Å². The van der Waals surface area contributed by atoms with E-state index >= 15 is 0 Å². The van der Waals surface area contributed by atoms with Crippen molar-refractivity contribution in [3.05, 3.63) is 53.9 Å². The van der Waals surface area contributed by atoms with Crippen LogP contribution in [0.5, 0.6) is 0 Å². The molecule has 6 nitrogen and oxygen atoms in total.